The molecule has 0 unspecified atom stereocenters. The Kier molecular flexibility index (Phi) is 3.01. The molecular formula is C7H11O2P. The van der Waals surface area contributed by atoms with Gasteiger partial charge in [0.15, 0.2) is 0 Å². The van der Waals surface area contributed by atoms with E-state index in [0.29, 0.717) is 0 Å². The number of hydrogen-bond acceptors (Lipinski definition) is 2. The van der Waals surface area contributed by atoms with Gasteiger partial charge in [-0.3, -0.25) is 9.36 Å². The van der Waals surface area contributed by atoms with Crippen LogP contribution in [0.1, 0.15) is 32.1 Å². The molecule has 0 N–H and O–H groups in total. The lowest BCUT2D eigenvalue weighted by molar-refractivity contribution is -0.115. The Balaban J connectivity index is 2.38. The normalized spacial score (nSPS) is 21.2. The molecule has 56 valence electrons. The van der Waals surface area contributed by atoms with Gasteiger partial charge in [0.05, 0.1) is 0 Å². The van der Waals surface area contributed by atoms with Crippen LogP contribution in [-0.2, 0) is 9.36 Å². The summed E-state index contributed by atoms with van der Waals surface area (Å²) in [6, 6.07) is 0. The first kappa shape index (κ1) is 7.87. The van der Waals surface area contributed by atoms with Crippen LogP contribution in [0.25, 0.3) is 0 Å². The van der Waals surface area contributed by atoms with E-state index in [0.717, 1.165) is 25.7 Å². The summed E-state index contributed by atoms with van der Waals surface area (Å²) in [6.45, 7) is 0. The van der Waals surface area contributed by atoms with Crippen molar-refractivity contribution in [1.29, 1.82) is 0 Å². The fraction of sp³-hybridized carbons (Fsp3) is 0.857. The Morgan fingerprint density at radius 2 is 1.80 bits per heavy atom. The van der Waals surface area contributed by atoms with Gasteiger partial charge in [0.25, 0.3) is 0 Å². The van der Waals surface area contributed by atoms with Crippen LogP contribution in [-0.4, -0.2) is 5.52 Å². The van der Waals surface area contributed by atoms with E-state index in [1.54, 1.807) is 0 Å². The second-order valence-corrected chi connectivity index (χ2v) is 3.39. The number of hydrogen-bond donors (Lipinski definition) is 0. The Morgan fingerprint density at radius 3 is 2.30 bits per heavy atom. The predicted octanol–water partition coefficient (Wildman–Crippen LogP) is 2.39. The van der Waals surface area contributed by atoms with Gasteiger partial charge in [0.2, 0.25) is 14.0 Å². The van der Waals surface area contributed by atoms with Crippen LogP contribution in [0.15, 0.2) is 0 Å². The smallest absolute Gasteiger partial charge is 0.232 e. The van der Waals surface area contributed by atoms with Crippen LogP contribution in [0, 0.1) is 5.92 Å². The fourth-order valence-electron chi connectivity index (χ4n) is 1.42. The third kappa shape index (κ3) is 1.88. The minimum atomic E-state index is -0.292. The number of carbonyl (C=O) groups is 1. The molecule has 0 aromatic rings. The van der Waals surface area contributed by atoms with Gasteiger partial charge in [0, 0.05) is 5.92 Å². The van der Waals surface area contributed by atoms with Gasteiger partial charge in [-0.15, -0.1) is 0 Å². The van der Waals surface area contributed by atoms with Crippen LogP contribution in [0.3, 0.4) is 0 Å². The van der Waals surface area contributed by atoms with Crippen LogP contribution >= 0.6 is 8.46 Å². The average molecular weight is 158 g/mol. The molecule has 10 heavy (non-hydrogen) atoms. The minimum absolute atomic E-state index is 0.0975. The first-order chi connectivity index (χ1) is 4.84. The molecule has 0 atom stereocenters. The standard InChI is InChI=1S/C7H11O2P/c8-7(10-9)6-4-2-1-3-5-6/h6H,1-5H2. The maximum absolute atomic E-state index is 10.8. The summed E-state index contributed by atoms with van der Waals surface area (Å²) in [7, 11) is -0.292. The Hall–Kier alpha value is -0.230. The second-order valence-electron chi connectivity index (χ2n) is 2.76. The van der Waals surface area contributed by atoms with Crippen LogP contribution < -0.4 is 0 Å². The van der Waals surface area contributed by atoms with Gasteiger partial charge in [0.1, 0.15) is 0 Å². The predicted molar refractivity (Wildman–Crippen MR) is 39.2 cm³/mol. The van der Waals surface area contributed by atoms with Gasteiger partial charge >= 0.3 is 0 Å². The SMILES string of the molecule is O=PC(=O)C1CCCCC1. The minimum Gasteiger partial charge on any atom is -0.286 e. The van der Waals surface area contributed by atoms with Crippen molar-refractivity contribution >= 4 is 14.0 Å². The summed E-state index contributed by atoms with van der Waals surface area (Å²) in [5, 5.41) is 0. The Labute approximate surface area is 62.2 Å². The first-order valence-corrected chi connectivity index (χ1v) is 4.53. The van der Waals surface area contributed by atoms with Gasteiger partial charge in [-0.25, -0.2) is 0 Å². The van der Waals surface area contributed by atoms with Gasteiger partial charge in [-0.2, -0.15) is 0 Å². The third-order valence-corrected chi connectivity index (χ3v) is 2.59. The molecule has 3 heteroatoms. The van der Waals surface area contributed by atoms with Crippen molar-refractivity contribution in [1.82, 2.24) is 0 Å². The van der Waals surface area contributed by atoms with E-state index in [2.05, 4.69) is 0 Å². The van der Waals surface area contributed by atoms with Gasteiger partial charge in [-0.1, -0.05) is 19.3 Å². The molecule has 1 aliphatic carbocycles. The maximum atomic E-state index is 10.8. The monoisotopic (exact) mass is 158 g/mol. The lowest BCUT2D eigenvalue weighted by Crippen LogP contribution is -2.12. The van der Waals surface area contributed by atoms with Crippen molar-refractivity contribution in [2.45, 2.75) is 32.1 Å². The van der Waals surface area contributed by atoms with Crippen molar-refractivity contribution in [3.63, 3.8) is 0 Å². The van der Waals surface area contributed by atoms with E-state index in [1.807, 2.05) is 0 Å². The van der Waals surface area contributed by atoms with E-state index in [9.17, 15) is 9.36 Å². The third-order valence-electron chi connectivity index (χ3n) is 2.04. The van der Waals surface area contributed by atoms with E-state index >= 15 is 0 Å². The molecule has 1 fully saturated rings. The van der Waals surface area contributed by atoms with E-state index in [4.69, 9.17) is 0 Å². The number of rotatable bonds is 2. The van der Waals surface area contributed by atoms with Crippen molar-refractivity contribution in [3.05, 3.63) is 0 Å². The highest BCUT2D eigenvalue weighted by atomic mass is 31.1. The molecular weight excluding hydrogens is 147 g/mol. The van der Waals surface area contributed by atoms with Crippen LogP contribution in [0.2, 0.25) is 0 Å². The van der Waals surface area contributed by atoms with E-state index in [-0.39, 0.29) is 19.9 Å². The summed E-state index contributed by atoms with van der Waals surface area (Å²) in [5.41, 5.74) is -0.0975. The molecule has 0 bridgehead atoms. The molecule has 1 rings (SSSR count). The summed E-state index contributed by atoms with van der Waals surface area (Å²) in [6.07, 6.45) is 5.40. The van der Waals surface area contributed by atoms with Gasteiger partial charge < -0.3 is 0 Å². The van der Waals surface area contributed by atoms with Crippen molar-refractivity contribution in [3.8, 4) is 0 Å². The number of carbonyl (C=O) groups excluding carboxylic acids is 1. The van der Waals surface area contributed by atoms with E-state index in [1.165, 1.54) is 6.42 Å². The molecule has 0 heterocycles. The molecule has 0 spiro atoms. The molecule has 0 radical (unpaired) electrons. The Morgan fingerprint density at radius 1 is 1.20 bits per heavy atom. The lowest BCUT2D eigenvalue weighted by atomic mass is 9.90. The summed E-state index contributed by atoms with van der Waals surface area (Å²) < 4.78 is 10.2. The molecule has 1 saturated carbocycles. The molecule has 0 saturated heterocycles. The Bertz CT molecular complexity index is 139. The van der Waals surface area contributed by atoms with Gasteiger partial charge in [-0.05, 0) is 12.8 Å². The summed E-state index contributed by atoms with van der Waals surface area (Å²) in [5.74, 6) is 0.105. The highest BCUT2D eigenvalue weighted by Gasteiger charge is 2.20. The van der Waals surface area contributed by atoms with Crippen molar-refractivity contribution < 1.29 is 9.36 Å². The second kappa shape index (κ2) is 3.82. The highest BCUT2D eigenvalue weighted by Crippen LogP contribution is 2.26. The van der Waals surface area contributed by atoms with Crippen molar-refractivity contribution in [2.75, 3.05) is 0 Å². The molecule has 2 nitrogen and oxygen atoms in total. The fourth-order valence-corrected chi connectivity index (χ4v) is 1.83. The van der Waals surface area contributed by atoms with Crippen molar-refractivity contribution in [2.24, 2.45) is 5.92 Å². The molecule has 1 aliphatic rings. The average Bonchev–Trinajstić information content (AvgIpc) is 2.05. The zero-order chi connectivity index (χ0) is 7.40. The molecule has 0 aliphatic heterocycles. The first-order valence-electron chi connectivity index (χ1n) is 3.72. The summed E-state index contributed by atoms with van der Waals surface area (Å²) in [4.78, 5) is 10.8. The largest absolute Gasteiger partial charge is 0.286 e. The zero-order valence-electron chi connectivity index (χ0n) is 5.88. The molecule has 0 aromatic heterocycles. The topological polar surface area (TPSA) is 34.1 Å². The van der Waals surface area contributed by atoms with E-state index < -0.39 is 0 Å². The molecule has 0 amide bonds. The summed E-state index contributed by atoms with van der Waals surface area (Å²) >= 11 is 0. The van der Waals surface area contributed by atoms with Crippen LogP contribution in [0.4, 0.5) is 0 Å². The zero-order valence-corrected chi connectivity index (χ0v) is 6.77. The highest BCUT2D eigenvalue weighted by molar-refractivity contribution is 7.46. The molecule has 0 aromatic carbocycles. The van der Waals surface area contributed by atoms with Crippen LogP contribution in [0.5, 0.6) is 0 Å². The quantitative estimate of drug-likeness (QED) is 0.578. The lowest BCUT2D eigenvalue weighted by Gasteiger charge is -2.16. The maximum Gasteiger partial charge on any atom is 0.232 e.